The normalized spacial score (nSPS) is 24.0. The fourth-order valence-corrected chi connectivity index (χ4v) is 3.00. The van der Waals surface area contributed by atoms with Crippen molar-refractivity contribution < 1.29 is 5.11 Å². The molecule has 1 rings (SSSR count). The van der Waals surface area contributed by atoms with Crippen LogP contribution < -0.4 is 5.32 Å². The number of nitrogens with one attached hydrogen (secondary N) is 1. The molecule has 0 aromatic heterocycles. The number of thioether (sulfide) groups is 1. The predicted molar refractivity (Wildman–Crippen MR) is 63.8 cm³/mol. The van der Waals surface area contributed by atoms with E-state index in [9.17, 15) is 0 Å². The molecule has 0 aromatic carbocycles. The van der Waals surface area contributed by atoms with Crippen LogP contribution in [0.15, 0.2) is 0 Å². The lowest BCUT2D eigenvalue weighted by Crippen LogP contribution is -2.24. The van der Waals surface area contributed by atoms with Crippen molar-refractivity contribution in [3.8, 4) is 0 Å². The van der Waals surface area contributed by atoms with Gasteiger partial charge in [-0.2, -0.15) is 11.8 Å². The Labute approximate surface area is 91.9 Å². The van der Waals surface area contributed by atoms with Crippen LogP contribution in [0.2, 0.25) is 0 Å². The van der Waals surface area contributed by atoms with Crippen LogP contribution >= 0.6 is 11.8 Å². The fourth-order valence-electron chi connectivity index (χ4n) is 1.72. The minimum atomic E-state index is 0.333. The SMILES string of the molecule is CC(CO)CCCNCC1CCSC1. The summed E-state index contributed by atoms with van der Waals surface area (Å²) in [6, 6.07) is 0. The summed E-state index contributed by atoms with van der Waals surface area (Å²) in [5.41, 5.74) is 0. The van der Waals surface area contributed by atoms with Crippen molar-refractivity contribution >= 4 is 11.8 Å². The second kappa shape index (κ2) is 7.55. The quantitative estimate of drug-likeness (QED) is 0.637. The molecule has 3 heteroatoms. The van der Waals surface area contributed by atoms with Crippen molar-refractivity contribution in [3.05, 3.63) is 0 Å². The molecule has 1 aliphatic rings. The first-order valence-corrected chi connectivity index (χ1v) is 6.87. The molecule has 0 amide bonds. The largest absolute Gasteiger partial charge is 0.396 e. The summed E-state index contributed by atoms with van der Waals surface area (Å²) >= 11 is 2.08. The molecular formula is C11H23NOS. The van der Waals surface area contributed by atoms with E-state index >= 15 is 0 Å². The van der Waals surface area contributed by atoms with Gasteiger partial charge in [-0.1, -0.05) is 6.92 Å². The van der Waals surface area contributed by atoms with E-state index in [4.69, 9.17) is 5.11 Å². The predicted octanol–water partition coefficient (Wildman–Crippen LogP) is 1.74. The van der Waals surface area contributed by atoms with Crippen LogP contribution in [0.4, 0.5) is 0 Å². The van der Waals surface area contributed by atoms with Crippen LogP contribution in [0, 0.1) is 11.8 Å². The van der Waals surface area contributed by atoms with Gasteiger partial charge in [-0.05, 0) is 55.7 Å². The maximum absolute atomic E-state index is 8.84. The molecule has 2 unspecified atom stereocenters. The summed E-state index contributed by atoms with van der Waals surface area (Å²) in [7, 11) is 0. The fraction of sp³-hybridized carbons (Fsp3) is 1.00. The van der Waals surface area contributed by atoms with E-state index in [-0.39, 0.29) is 0 Å². The van der Waals surface area contributed by atoms with Crippen LogP contribution in [-0.4, -0.2) is 36.3 Å². The molecule has 2 nitrogen and oxygen atoms in total. The monoisotopic (exact) mass is 217 g/mol. The zero-order chi connectivity index (χ0) is 10.2. The molecule has 2 N–H and O–H groups in total. The molecule has 0 radical (unpaired) electrons. The molecule has 84 valence electrons. The van der Waals surface area contributed by atoms with Gasteiger partial charge in [0.1, 0.15) is 0 Å². The number of hydrogen-bond acceptors (Lipinski definition) is 3. The maximum Gasteiger partial charge on any atom is 0.0456 e. The smallest absolute Gasteiger partial charge is 0.0456 e. The van der Waals surface area contributed by atoms with Crippen molar-refractivity contribution in [2.24, 2.45) is 11.8 Å². The zero-order valence-corrected chi connectivity index (χ0v) is 9.98. The first kappa shape index (κ1) is 12.3. The average Bonchev–Trinajstić information content (AvgIpc) is 2.69. The Morgan fingerprint density at radius 2 is 2.43 bits per heavy atom. The third-order valence-electron chi connectivity index (χ3n) is 2.82. The first-order chi connectivity index (χ1) is 6.83. The molecule has 0 spiro atoms. The summed E-state index contributed by atoms with van der Waals surface area (Å²) in [6.07, 6.45) is 3.73. The molecule has 14 heavy (non-hydrogen) atoms. The molecule has 0 aromatic rings. The van der Waals surface area contributed by atoms with Gasteiger partial charge in [0.25, 0.3) is 0 Å². The second-order valence-electron chi connectivity index (χ2n) is 4.36. The highest BCUT2D eigenvalue weighted by Crippen LogP contribution is 2.22. The third kappa shape index (κ3) is 5.23. The van der Waals surface area contributed by atoms with E-state index in [0.717, 1.165) is 18.9 Å². The highest BCUT2D eigenvalue weighted by molar-refractivity contribution is 7.99. The van der Waals surface area contributed by atoms with Gasteiger partial charge in [0.15, 0.2) is 0 Å². The summed E-state index contributed by atoms with van der Waals surface area (Å²) in [5, 5.41) is 12.4. The Bertz CT molecular complexity index is 137. The first-order valence-electron chi connectivity index (χ1n) is 5.72. The molecule has 0 aliphatic carbocycles. The minimum absolute atomic E-state index is 0.333. The van der Waals surface area contributed by atoms with Gasteiger partial charge in [-0.15, -0.1) is 0 Å². The number of rotatable bonds is 7. The van der Waals surface area contributed by atoms with E-state index in [2.05, 4.69) is 24.0 Å². The molecule has 1 saturated heterocycles. The molecule has 0 saturated carbocycles. The van der Waals surface area contributed by atoms with Crippen LogP contribution in [0.1, 0.15) is 26.2 Å². The zero-order valence-electron chi connectivity index (χ0n) is 9.17. The maximum atomic E-state index is 8.84. The highest BCUT2D eigenvalue weighted by Gasteiger charge is 2.14. The van der Waals surface area contributed by atoms with E-state index in [0.29, 0.717) is 12.5 Å². The Morgan fingerprint density at radius 1 is 1.57 bits per heavy atom. The number of hydrogen-bond donors (Lipinski definition) is 2. The lowest BCUT2D eigenvalue weighted by Gasteiger charge is -2.11. The Morgan fingerprint density at radius 3 is 3.07 bits per heavy atom. The van der Waals surface area contributed by atoms with E-state index < -0.39 is 0 Å². The summed E-state index contributed by atoms with van der Waals surface area (Å²) in [5.74, 6) is 4.09. The molecule has 1 heterocycles. The number of aliphatic hydroxyl groups is 1. The Balaban J connectivity index is 1.84. The van der Waals surface area contributed by atoms with Crippen molar-refractivity contribution in [1.29, 1.82) is 0 Å². The lowest BCUT2D eigenvalue weighted by atomic mass is 10.1. The van der Waals surface area contributed by atoms with Crippen LogP contribution in [-0.2, 0) is 0 Å². The Kier molecular flexibility index (Phi) is 6.65. The van der Waals surface area contributed by atoms with Crippen LogP contribution in [0.3, 0.4) is 0 Å². The molecule has 1 aliphatic heterocycles. The van der Waals surface area contributed by atoms with Gasteiger partial charge in [0.2, 0.25) is 0 Å². The van der Waals surface area contributed by atoms with Crippen molar-refractivity contribution in [2.45, 2.75) is 26.2 Å². The van der Waals surface area contributed by atoms with Gasteiger partial charge in [-0.25, -0.2) is 0 Å². The van der Waals surface area contributed by atoms with Crippen molar-refractivity contribution in [2.75, 3.05) is 31.2 Å². The molecule has 2 atom stereocenters. The van der Waals surface area contributed by atoms with E-state index in [1.807, 2.05) is 0 Å². The third-order valence-corrected chi connectivity index (χ3v) is 4.05. The second-order valence-corrected chi connectivity index (χ2v) is 5.51. The van der Waals surface area contributed by atoms with Crippen molar-refractivity contribution in [3.63, 3.8) is 0 Å². The van der Waals surface area contributed by atoms with Crippen molar-refractivity contribution in [1.82, 2.24) is 5.32 Å². The summed E-state index contributed by atoms with van der Waals surface area (Å²) < 4.78 is 0. The topological polar surface area (TPSA) is 32.3 Å². The molecular weight excluding hydrogens is 194 g/mol. The van der Waals surface area contributed by atoms with E-state index in [1.54, 1.807) is 0 Å². The van der Waals surface area contributed by atoms with Gasteiger partial charge < -0.3 is 10.4 Å². The molecule has 1 fully saturated rings. The van der Waals surface area contributed by atoms with Crippen LogP contribution in [0.5, 0.6) is 0 Å². The van der Waals surface area contributed by atoms with Gasteiger partial charge >= 0.3 is 0 Å². The average molecular weight is 217 g/mol. The Hall–Kier alpha value is 0.270. The lowest BCUT2D eigenvalue weighted by molar-refractivity contribution is 0.228. The molecule has 0 bridgehead atoms. The van der Waals surface area contributed by atoms with Gasteiger partial charge in [0, 0.05) is 6.61 Å². The standard InChI is InChI=1S/C11H23NOS/c1-10(8-13)3-2-5-12-7-11-4-6-14-9-11/h10-13H,2-9H2,1H3. The summed E-state index contributed by atoms with van der Waals surface area (Å²) in [4.78, 5) is 0. The van der Waals surface area contributed by atoms with E-state index in [1.165, 1.54) is 30.9 Å². The van der Waals surface area contributed by atoms with Crippen LogP contribution in [0.25, 0.3) is 0 Å². The summed E-state index contributed by atoms with van der Waals surface area (Å²) in [6.45, 7) is 4.75. The number of aliphatic hydroxyl groups excluding tert-OH is 1. The minimum Gasteiger partial charge on any atom is -0.396 e. The van der Waals surface area contributed by atoms with Gasteiger partial charge in [0.05, 0.1) is 0 Å². The highest BCUT2D eigenvalue weighted by atomic mass is 32.2. The van der Waals surface area contributed by atoms with Gasteiger partial charge in [-0.3, -0.25) is 0 Å².